The molecule has 0 spiro atoms. The van der Waals surface area contributed by atoms with Crippen LogP contribution in [0.5, 0.6) is 0 Å². The van der Waals surface area contributed by atoms with Gasteiger partial charge in [0.2, 0.25) is 0 Å². The molecular formula is C17H24N4. The van der Waals surface area contributed by atoms with Crippen LogP contribution < -0.4 is 10.2 Å². The molecule has 0 unspecified atom stereocenters. The summed E-state index contributed by atoms with van der Waals surface area (Å²) in [4.78, 5) is 11.4. The number of hydrogen-bond acceptors (Lipinski definition) is 4. The molecule has 0 radical (unpaired) electrons. The van der Waals surface area contributed by atoms with Crippen molar-refractivity contribution in [2.24, 2.45) is 0 Å². The van der Waals surface area contributed by atoms with E-state index in [1.165, 1.54) is 5.56 Å². The Morgan fingerprint density at radius 1 is 1.14 bits per heavy atom. The lowest BCUT2D eigenvalue weighted by atomic mass is 10.2. The monoisotopic (exact) mass is 284 g/mol. The third kappa shape index (κ3) is 4.26. The Labute approximate surface area is 127 Å². The van der Waals surface area contributed by atoms with E-state index < -0.39 is 0 Å². The Bertz CT molecular complexity index is 568. The van der Waals surface area contributed by atoms with Crippen LogP contribution in [-0.4, -0.2) is 23.1 Å². The zero-order valence-electron chi connectivity index (χ0n) is 13.1. The van der Waals surface area contributed by atoms with Gasteiger partial charge in [0, 0.05) is 30.5 Å². The highest BCUT2D eigenvalue weighted by Crippen LogP contribution is 2.19. The molecule has 21 heavy (non-hydrogen) atoms. The van der Waals surface area contributed by atoms with Crippen LogP contribution in [0.15, 0.2) is 36.5 Å². The molecule has 0 aromatic carbocycles. The molecule has 1 N–H and O–H groups in total. The van der Waals surface area contributed by atoms with Gasteiger partial charge >= 0.3 is 0 Å². The summed E-state index contributed by atoms with van der Waals surface area (Å²) < 4.78 is 0. The standard InChI is InChI=1S/C17H24N4/c1-4-18-12-15-9-7-11-19-17(15)21(5-2)13-16-10-6-8-14(3)20-16/h6-11,18H,4-5,12-13H2,1-3H3. The van der Waals surface area contributed by atoms with Gasteiger partial charge in [-0.05, 0) is 38.6 Å². The first kappa shape index (κ1) is 15.4. The van der Waals surface area contributed by atoms with Crippen molar-refractivity contribution in [1.29, 1.82) is 0 Å². The number of rotatable bonds is 7. The Hall–Kier alpha value is -1.94. The lowest BCUT2D eigenvalue weighted by Gasteiger charge is -2.24. The van der Waals surface area contributed by atoms with E-state index in [1.807, 2.05) is 25.3 Å². The van der Waals surface area contributed by atoms with E-state index in [9.17, 15) is 0 Å². The molecule has 0 fully saturated rings. The molecule has 4 heteroatoms. The van der Waals surface area contributed by atoms with E-state index >= 15 is 0 Å². The number of anilines is 1. The highest BCUT2D eigenvalue weighted by molar-refractivity contribution is 5.46. The number of aromatic nitrogens is 2. The predicted octanol–water partition coefficient (Wildman–Crippen LogP) is 2.92. The van der Waals surface area contributed by atoms with Gasteiger partial charge in [-0.15, -0.1) is 0 Å². The number of nitrogens with zero attached hydrogens (tertiary/aromatic N) is 3. The molecule has 0 saturated carbocycles. The van der Waals surface area contributed by atoms with Crippen LogP contribution in [-0.2, 0) is 13.1 Å². The maximum absolute atomic E-state index is 4.59. The average molecular weight is 284 g/mol. The molecule has 4 nitrogen and oxygen atoms in total. The molecule has 2 heterocycles. The first-order chi connectivity index (χ1) is 10.2. The Balaban J connectivity index is 2.20. The van der Waals surface area contributed by atoms with Crippen LogP contribution in [0.4, 0.5) is 5.82 Å². The predicted molar refractivity (Wildman–Crippen MR) is 87.3 cm³/mol. The molecule has 2 aromatic rings. The van der Waals surface area contributed by atoms with Gasteiger partial charge < -0.3 is 10.2 Å². The zero-order chi connectivity index (χ0) is 15.1. The fourth-order valence-corrected chi connectivity index (χ4v) is 2.33. The topological polar surface area (TPSA) is 41.1 Å². The highest BCUT2D eigenvalue weighted by atomic mass is 15.2. The number of hydrogen-bond donors (Lipinski definition) is 1. The van der Waals surface area contributed by atoms with Crippen molar-refractivity contribution in [1.82, 2.24) is 15.3 Å². The van der Waals surface area contributed by atoms with E-state index in [2.05, 4.69) is 52.2 Å². The normalized spacial score (nSPS) is 10.6. The van der Waals surface area contributed by atoms with Gasteiger partial charge in [0.15, 0.2) is 0 Å². The van der Waals surface area contributed by atoms with Gasteiger partial charge in [0.05, 0.1) is 12.2 Å². The Morgan fingerprint density at radius 2 is 2.00 bits per heavy atom. The van der Waals surface area contributed by atoms with E-state index in [4.69, 9.17) is 0 Å². The van der Waals surface area contributed by atoms with E-state index in [1.54, 1.807) is 0 Å². The fourth-order valence-electron chi connectivity index (χ4n) is 2.33. The Kier molecular flexibility index (Phi) is 5.69. The zero-order valence-corrected chi connectivity index (χ0v) is 13.1. The molecule has 112 valence electrons. The molecule has 0 aliphatic carbocycles. The highest BCUT2D eigenvalue weighted by Gasteiger charge is 2.12. The Morgan fingerprint density at radius 3 is 2.71 bits per heavy atom. The minimum absolute atomic E-state index is 0.786. The van der Waals surface area contributed by atoms with Crippen molar-refractivity contribution in [2.75, 3.05) is 18.0 Å². The molecule has 0 saturated heterocycles. The van der Waals surface area contributed by atoms with Gasteiger partial charge in [-0.25, -0.2) is 4.98 Å². The van der Waals surface area contributed by atoms with Gasteiger partial charge in [-0.1, -0.05) is 19.1 Å². The fraction of sp³-hybridized carbons (Fsp3) is 0.412. The number of pyridine rings is 2. The number of aryl methyl sites for hydroxylation is 1. The molecule has 2 rings (SSSR count). The van der Waals surface area contributed by atoms with Crippen molar-refractivity contribution in [2.45, 2.75) is 33.9 Å². The second-order valence-corrected chi connectivity index (χ2v) is 5.05. The maximum atomic E-state index is 4.59. The van der Waals surface area contributed by atoms with Gasteiger partial charge in [0.1, 0.15) is 5.82 Å². The van der Waals surface area contributed by atoms with Crippen molar-refractivity contribution in [3.8, 4) is 0 Å². The van der Waals surface area contributed by atoms with Crippen LogP contribution in [0.3, 0.4) is 0 Å². The summed E-state index contributed by atoms with van der Waals surface area (Å²) in [5, 5.41) is 3.37. The summed E-state index contributed by atoms with van der Waals surface area (Å²) in [6.45, 7) is 9.79. The molecule has 2 aromatic heterocycles. The first-order valence-electron chi connectivity index (χ1n) is 7.56. The van der Waals surface area contributed by atoms with E-state index in [0.29, 0.717) is 0 Å². The van der Waals surface area contributed by atoms with Gasteiger partial charge in [-0.2, -0.15) is 0 Å². The molecule has 0 amide bonds. The largest absolute Gasteiger partial charge is 0.351 e. The first-order valence-corrected chi connectivity index (χ1v) is 7.56. The minimum Gasteiger partial charge on any atom is -0.351 e. The summed E-state index contributed by atoms with van der Waals surface area (Å²) in [5.74, 6) is 1.05. The molecule has 0 bridgehead atoms. The second kappa shape index (κ2) is 7.74. The minimum atomic E-state index is 0.786. The third-order valence-electron chi connectivity index (χ3n) is 3.41. The summed E-state index contributed by atoms with van der Waals surface area (Å²) in [6.07, 6.45) is 1.86. The van der Waals surface area contributed by atoms with Crippen LogP contribution in [0.2, 0.25) is 0 Å². The molecule has 0 aliphatic rings. The van der Waals surface area contributed by atoms with Crippen LogP contribution in [0.25, 0.3) is 0 Å². The average Bonchev–Trinajstić information content (AvgIpc) is 2.51. The summed E-state index contributed by atoms with van der Waals surface area (Å²) in [6, 6.07) is 10.3. The molecule has 0 aliphatic heterocycles. The van der Waals surface area contributed by atoms with Gasteiger partial charge in [0.25, 0.3) is 0 Å². The van der Waals surface area contributed by atoms with Crippen molar-refractivity contribution < 1.29 is 0 Å². The van der Waals surface area contributed by atoms with E-state index in [0.717, 1.165) is 43.4 Å². The van der Waals surface area contributed by atoms with E-state index in [-0.39, 0.29) is 0 Å². The van der Waals surface area contributed by atoms with Crippen LogP contribution >= 0.6 is 0 Å². The second-order valence-electron chi connectivity index (χ2n) is 5.05. The van der Waals surface area contributed by atoms with Crippen molar-refractivity contribution in [3.05, 3.63) is 53.5 Å². The van der Waals surface area contributed by atoms with Crippen LogP contribution in [0, 0.1) is 6.92 Å². The van der Waals surface area contributed by atoms with Crippen molar-refractivity contribution in [3.63, 3.8) is 0 Å². The quantitative estimate of drug-likeness (QED) is 0.849. The molecule has 0 atom stereocenters. The number of nitrogens with one attached hydrogen (secondary N) is 1. The van der Waals surface area contributed by atoms with Gasteiger partial charge in [-0.3, -0.25) is 4.98 Å². The summed E-state index contributed by atoms with van der Waals surface area (Å²) in [7, 11) is 0. The summed E-state index contributed by atoms with van der Waals surface area (Å²) >= 11 is 0. The van der Waals surface area contributed by atoms with Crippen molar-refractivity contribution >= 4 is 5.82 Å². The third-order valence-corrected chi connectivity index (χ3v) is 3.41. The SMILES string of the molecule is CCNCc1cccnc1N(CC)Cc1cccc(C)n1. The lowest BCUT2D eigenvalue weighted by Crippen LogP contribution is -2.26. The maximum Gasteiger partial charge on any atom is 0.133 e. The lowest BCUT2D eigenvalue weighted by molar-refractivity contribution is 0.711. The smallest absolute Gasteiger partial charge is 0.133 e. The van der Waals surface area contributed by atoms with Crippen LogP contribution in [0.1, 0.15) is 30.8 Å². The molecular weight excluding hydrogens is 260 g/mol. The summed E-state index contributed by atoms with van der Waals surface area (Å²) in [5.41, 5.74) is 3.36.